The summed E-state index contributed by atoms with van der Waals surface area (Å²) in [5, 5.41) is 6.23. The first kappa shape index (κ1) is 19.7. The quantitative estimate of drug-likeness (QED) is 0.505. The second-order valence-corrected chi connectivity index (χ2v) is 8.21. The van der Waals surface area contributed by atoms with E-state index in [9.17, 15) is 4.79 Å². The molecule has 2 N–H and O–H groups in total. The van der Waals surface area contributed by atoms with Crippen molar-refractivity contribution in [3.63, 3.8) is 0 Å². The molecule has 0 saturated carbocycles. The van der Waals surface area contributed by atoms with Crippen LogP contribution in [0.3, 0.4) is 0 Å². The fraction of sp³-hybridized carbons (Fsp3) is 0.400. The number of hydrogen-bond acceptors (Lipinski definition) is 3. The number of fused-ring (bicyclic) bond motifs is 1. The van der Waals surface area contributed by atoms with Crippen molar-refractivity contribution in [2.75, 3.05) is 30.3 Å². The summed E-state index contributed by atoms with van der Waals surface area (Å²) in [6.45, 7) is 5.86. The second-order valence-electron chi connectivity index (χ2n) is 8.21. The highest BCUT2D eigenvalue weighted by molar-refractivity contribution is 6.32. The third kappa shape index (κ3) is 4.88. The van der Waals surface area contributed by atoms with Crippen molar-refractivity contribution in [2.24, 2.45) is 0 Å². The summed E-state index contributed by atoms with van der Waals surface area (Å²) >= 11 is 0. The van der Waals surface area contributed by atoms with Gasteiger partial charge in [-0.2, -0.15) is 0 Å². The number of carbonyl (C=O) groups is 1. The second kappa shape index (κ2) is 9.27. The minimum atomic E-state index is -0.0490. The summed E-state index contributed by atoms with van der Waals surface area (Å²) in [6.07, 6.45) is 9.62. The number of carbonyl (C=O) groups excluding carboxylic acids is 1. The predicted molar refractivity (Wildman–Crippen MR) is 121 cm³/mol. The van der Waals surface area contributed by atoms with Crippen molar-refractivity contribution in [3.05, 3.63) is 65.4 Å². The van der Waals surface area contributed by atoms with Crippen LogP contribution >= 0.6 is 0 Å². The van der Waals surface area contributed by atoms with Crippen LogP contribution in [0.25, 0.3) is 5.57 Å². The number of unbranched alkanes of at least 4 members (excludes halogenated alkanes) is 1. The predicted octanol–water partition coefficient (Wildman–Crippen LogP) is 5.21. The Morgan fingerprint density at radius 3 is 2.62 bits per heavy atom. The first-order chi connectivity index (χ1) is 14.2. The topological polar surface area (TPSA) is 44.4 Å². The number of amides is 1. The first-order valence-corrected chi connectivity index (χ1v) is 10.9. The van der Waals surface area contributed by atoms with E-state index in [1.54, 1.807) is 0 Å². The number of hydrogen-bond donors (Lipinski definition) is 2. The molecule has 152 valence electrons. The molecule has 0 spiro atoms. The molecule has 0 aliphatic carbocycles. The Balaban J connectivity index is 1.29. The Morgan fingerprint density at radius 1 is 1.03 bits per heavy atom. The number of benzene rings is 2. The minimum absolute atomic E-state index is 0.0490. The molecule has 1 saturated heterocycles. The van der Waals surface area contributed by atoms with E-state index in [4.69, 9.17) is 0 Å². The van der Waals surface area contributed by atoms with E-state index < -0.39 is 0 Å². The maximum absolute atomic E-state index is 12.3. The minimum Gasteiger partial charge on any atom is -0.361 e. The zero-order chi connectivity index (χ0) is 20.1. The fourth-order valence-corrected chi connectivity index (χ4v) is 4.34. The molecule has 4 nitrogen and oxygen atoms in total. The lowest BCUT2D eigenvalue weighted by Gasteiger charge is -2.26. The Morgan fingerprint density at radius 2 is 1.83 bits per heavy atom. The number of anilines is 2. The van der Waals surface area contributed by atoms with Crippen molar-refractivity contribution in [3.8, 4) is 0 Å². The summed E-state index contributed by atoms with van der Waals surface area (Å²) in [5.74, 6) is -0.0490. The molecule has 0 radical (unpaired) electrons. The third-order valence-corrected chi connectivity index (χ3v) is 6.01. The molecule has 0 aromatic heterocycles. The van der Waals surface area contributed by atoms with E-state index in [0.717, 1.165) is 28.9 Å². The number of nitrogens with zero attached hydrogens (tertiary/aromatic N) is 1. The first-order valence-electron chi connectivity index (χ1n) is 10.9. The van der Waals surface area contributed by atoms with Crippen LogP contribution in [0.15, 0.2) is 48.7 Å². The molecule has 4 heteroatoms. The molecule has 1 fully saturated rings. The summed E-state index contributed by atoms with van der Waals surface area (Å²) in [5.41, 5.74) is 6.07. The summed E-state index contributed by atoms with van der Waals surface area (Å²) in [7, 11) is 0. The average Bonchev–Trinajstić information content (AvgIpc) is 3.07. The molecular formula is C25H31N3O. The summed E-state index contributed by atoms with van der Waals surface area (Å²) in [4.78, 5) is 14.9. The highest BCUT2D eigenvalue weighted by Gasteiger charge is 2.25. The zero-order valence-electron chi connectivity index (χ0n) is 17.3. The van der Waals surface area contributed by atoms with Crippen molar-refractivity contribution in [2.45, 2.75) is 45.4 Å². The smallest absolute Gasteiger partial charge is 0.257 e. The molecule has 0 unspecified atom stereocenters. The molecule has 0 atom stereocenters. The van der Waals surface area contributed by atoms with Gasteiger partial charge in [0, 0.05) is 23.1 Å². The van der Waals surface area contributed by atoms with Gasteiger partial charge in [0.2, 0.25) is 0 Å². The molecule has 2 aliphatic heterocycles. The SMILES string of the molecule is Cc1cccc2c1/C(=C\Nc1ccc(CCCCN3CCCCC3)cc1)C(=O)N2. The largest absolute Gasteiger partial charge is 0.361 e. The van der Waals surface area contributed by atoms with E-state index in [2.05, 4.69) is 39.8 Å². The Hall–Kier alpha value is -2.59. The lowest BCUT2D eigenvalue weighted by molar-refractivity contribution is -0.110. The van der Waals surface area contributed by atoms with Gasteiger partial charge in [-0.3, -0.25) is 4.79 Å². The van der Waals surface area contributed by atoms with Gasteiger partial charge in [-0.1, -0.05) is 30.7 Å². The normalized spacial score (nSPS) is 18.0. The van der Waals surface area contributed by atoms with Crippen LogP contribution in [0.1, 0.15) is 48.8 Å². The molecule has 29 heavy (non-hydrogen) atoms. The van der Waals surface area contributed by atoms with Gasteiger partial charge in [-0.15, -0.1) is 0 Å². The Labute approximate surface area is 174 Å². The molecule has 0 bridgehead atoms. The fourth-order valence-electron chi connectivity index (χ4n) is 4.34. The van der Waals surface area contributed by atoms with Gasteiger partial charge < -0.3 is 15.5 Å². The monoisotopic (exact) mass is 389 g/mol. The third-order valence-electron chi connectivity index (χ3n) is 6.01. The van der Waals surface area contributed by atoms with Gasteiger partial charge in [0.05, 0.1) is 5.57 Å². The van der Waals surface area contributed by atoms with Crippen LogP contribution < -0.4 is 10.6 Å². The van der Waals surface area contributed by atoms with Crippen LogP contribution in [0.4, 0.5) is 11.4 Å². The van der Waals surface area contributed by atoms with Gasteiger partial charge in [-0.25, -0.2) is 0 Å². The summed E-state index contributed by atoms with van der Waals surface area (Å²) < 4.78 is 0. The van der Waals surface area contributed by atoms with Gasteiger partial charge in [0.25, 0.3) is 5.91 Å². The Bertz CT molecular complexity index is 879. The van der Waals surface area contributed by atoms with E-state index in [-0.39, 0.29) is 5.91 Å². The van der Waals surface area contributed by atoms with Crippen LogP contribution in [0.2, 0.25) is 0 Å². The van der Waals surface area contributed by atoms with Crippen LogP contribution in [-0.4, -0.2) is 30.4 Å². The highest BCUT2D eigenvalue weighted by Crippen LogP contribution is 2.34. The lowest BCUT2D eigenvalue weighted by atomic mass is 10.0. The molecule has 2 heterocycles. The maximum atomic E-state index is 12.3. The van der Waals surface area contributed by atoms with Crippen molar-refractivity contribution in [1.29, 1.82) is 0 Å². The standard InChI is InChI=1S/C25H31N3O/c1-19-8-7-10-23-24(19)22(25(29)27-23)18-26-21-13-11-20(12-14-21)9-3-6-17-28-15-4-2-5-16-28/h7-8,10-14,18,26H,2-6,9,15-17H2,1H3,(H,27,29)/b22-18+. The van der Waals surface area contributed by atoms with Gasteiger partial charge in [0.1, 0.15) is 0 Å². The van der Waals surface area contributed by atoms with Crippen molar-refractivity contribution in [1.82, 2.24) is 4.90 Å². The average molecular weight is 390 g/mol. The van der Waals surface area contributed by atoms with Crippen LogP contribution in [0, 0.1) is 6.92 Å². The van der Waals surface area contributed by atoms with E-state index in [1.165, 1.54) is 57.3 Å². The number of piperidine rings is 1. The van der Waals surface area contributed by atoms with Gasteiger partial charge in [-0.05, 0) is 88.0 Å². The molecule has 4 rings (SSSR count). The van der Waals surface area contributed by atoms with Crippen LogP contribution in [0.5, 0.6) is 0 Å². The van der Waals surface area contributed by atoms with E-state index in [0.29, 0.717) is 5.57 Å². The summed E-state index contributed by atoms with van der Waals surface area (Å²) in [6, 6.07) is 14.5. The molecule has 1 amide bonds. The Kier molecular flexibility index (Phi) is 6.30. The maximum Gasteiger partial charge on any atom is 0.257 e. The van der Waals surface area contributed by atoms with E-state index in [1.807, 2.05) is 31.3 Å². The van der Waals surface area contributed by atoms with Crippen molar-refractivity contribution >= 4 is 22.9 Å². The lowest BCUT2D eigenvalue weighted by Crippen LogP contribution is -2.30. The molecule has 2 aliphatic rings. The highest BCUT2D eigenvalue weighted by atomic mass is 16.2. The number of likely N-dealkylation sites (tertiary alicyclic amines) is 1. The van der Waals surface area contributed by atoms with Gasteiger partial charge >= 0.3 is 0 Å². The molecular weight excluding hydrogens is 358 g/mol. The zero-order valence-corrected chi connectivity index (χ0v) is 17.3. The van der Waals surface area contributed by atoms with Crippen molar-refractivity contribution < 1.29 is 4.79 Å². The number of aryl methyl sites for hydroxylation is 2. The van der Waals surface area contributed by atoms with Gasteiger partial charge in [0.15, 0.2) is 0 Å². The van der Waals surface area contributed by atoms with Crippen LogP contribution in [-0.2, 0) is 11.2 Å². The van der Waals surface area contributed by atoms with E-state index >= 15 is 0 Å². The number of nitrogens with one attached hydrogen (secondary N) is 2. The molecule has 2 aromatic carbocycles. The molecule has 2 aromatic rings. The number of rotatable bonds is 7.